The van der Waals surface area contributed by atoms with Crippen molar-refractivity contribution in [2.75, 3.05) is 25.5 Å². The normalized spacial score (nSPS) is 17.8. The topological polar surface area (TPSA) is 50.4 Å². The van der Waals surface area contributed by atoms with Crippen LogP contribution in [-0.2, 0) is 16.1 Å². The van der Waals surface area contributed by atoms with Gasteiger partial charge in [0.25, 0.3) is 0 Å². The Bertz CT molecular complexity index is 406. The quantitative estimate of drug-likeness (QED) is 0.871. The molecule has 1 saturated heterocycles. The van der Waals surface area contributed by atoms with Gasteiger partial charge in [-0.05, 0) is 43.1 Å². The van der Waals surface area contributed by atoms with Gasteiger partial charge in [0.2, 0.25) is 5.91 Å². The van der Waals surface area contributed by atoms with Crippen molar-refractivity contribution in [3.8, 4) is 0 Å². The smallest absolute Gasteiger partial charge is 0.224 e. The van der Waals surface area contributed by atoms with Crippen LogP contribution < -0.4 is 10.6 Å². The number of nitrogens with one attached hydrogen (secondary N) is 2. The molecule has 2 N–H and O–H groups in total. The lowest BCUT2D eigenvalue weighted by molar-refractivity contribution is -0.116. The second-order valence-corrected chi connectivity index (χ2v) is 4.74. The minimum atomic E-state index is 0. The predicted octanol–water partition coefficient (Wildman–Crippen LogP) is 2.19. The first-order valence-electron chi connectivity index (χ1n) is 6.36. The van der Waals surface area contributed by atoms with Crippen LogP contribution in [0.1, 0.15) is 18.4 Å². The lowest BCUT2D eigenvalue weighted by Crippen LogP contribution is -2.18. The van der Waals surface area contributed by atoms with E-state index in [4.69, 9.17) is 4.74 Å². The molecule has 0 aliphatic carbocycles. The molecular weight excluding hydrogens is 264 g/mol. The maximum Gasteiger partial charge on any atom is 0.224 e. The SMILES string of the molecule is COCc1cccc(NC(=O)CC2CCNC2)c1.Cl. The van der Waals surface area contributed by atoms with Crippen LogP contribution in [0, 0.1) is 5.92 Å². The van der Waals surface area contributed by atoms with Crippen molar-refractivity contribution in [3.05, 3.63) is 29.8 Å². The predicted molar refractivity (Wildman–Crippen MR) is 78.6 cm³/mol. The van der Waals surface area contributed by atoms with Gasteiger partial charge in [0.15, 0.2) is 0 Å². The molecule has 1 aromatic rings. The second kappa shape index (κ2) is 8.15. The number of amides is 1. The first kappa shape index (κ1) is 16.0. The van der Waals surface area contributed by atoms with Crippen molar-refractivity contribution in [1.82, 2.24) is 5.32 Å². The maximum atomic E-state index is 11.9. The Balaban J connectivity index is 0.00000180. The number of anilines is 1. The fraction of sp³-hybridized carbons (Fsp3) is 0.500. The van der Waals surface area contributed by atoms with E-state index in [0.717, 1.165) is 30.8 Å². The van der Waals surface area contributed by atoms with Crippen LogP contribution in [0.15, 0.2) is 24.3 Å². The van der Waals surface area contributed by atoms with E-state index in [2.05, 4.69) is 10.6 Å². The molecule has 1 unspecified atom stereocenters. The van der Waals surface area contributed by atoms with Gasteiger partial charge in [-0.15, -0.1) is 12.4 Å². The van der Waals surface area contributed by atoms with E-state index in [1.54, 1.807) is 7.11 Å². The van der Waals surface area contributed by atoms with Crippen molar-refractivity contribution in [1.29, 1.82) is 0 Å². The van der Waals surface area contributed by atoms with E-state index in [-0.39, 0.29) is 18.3 Å². The number of methoxy groups -OCH3 is 1. The van der Waals surface area contributed by atoms with Crippen molar-refractivity contribution in [2.24, 2.45) is 5.92 Å². The Hall–Kier alpha value is -1.10. The Morgan fingerprint density at radius 1 is 1.53 bits per heavy atom. The number of carbonyl (C=O) groups excluding carboxylic acids is 1. The van der Waals surface area contributed by atoms with Gasteiger partial charge >= 0.3 is 0 Å². The molecule has 0 bridgehead atoms. The summed E-state index contributed by atoms with van der Waals surface area (Å²) < 4.78 is 5.07. The summed E-state index contributed by atoms with van der Waals surface area (Å²) in [5, 5.41) is 6.22. The van der Waals surface area contributed by atoms with Crippen LogP contribution >= 0.6 is 12.4 Å². The van der Waals surface area contributed by atoms with Gasteiger partial charge in [0.05, 0.1) is 6.61 Å². The van der Waals surface area contributed by atoms with Crippen LogP contribution in [0.5, 0.6) is 0 Å². The summed E-state index contributed by atoms with van der Waals surface area (Å²) in [6.07, 6.45) is 1.69. The summed E-state index contributed by atoms with van der Waals surface area (Å²) in [4.78, 5) is 11.9. The average Bonchev–Trinajstić information content (AvgIpc) is 2.82. The lowest BCUT2D eigenvalue weighted by atomic mass is 10.0. The standard InChI is InChI=1S/C14H20N2O2.ClH/c1-18-10-12-3-2-4-13(7-12)16-14(17)8-11-5-6-15-9-11;/h2-4,7,11,15H,5-6,8-10H2,1H3,(H,16,17);1H. The van der Waals surface area contributed by atoms with E-state index >= 15 is 0 Å². The van der Waals surface area contributed by atoms with E-state index in [1.165, 1.54) is 0 Å². The molecule has 0 aromatic heterocycles. The zero-order chi connectivity index (χ0) is 12.8. The fourth-order valence-electron chi connectivity index (χ4n) is 2.27. The molecule has 1 amide bonds. The molecule has 1 atom stereocenters. The monoisotopic (exact) mass is 284 g/mol. The molecule has 0 saturated carbocycles. The average molecular weight is 285 g/mol. The molecule has 4 nitrogen and oxygen atoms in total. The van der Waals surface area contributed by atoms with Gasteiger partial charge in [-0.25, -0.2) is 0 Å². The Labute approximate surface area is 120 Å². The Morgan fingerprint density at radius 3 is 3.05 bits per heavy atom. The molecule has 1 aliphatic rings. The molecule has 19 heavy (non-hydrogen) atoms. The van der Waals surface area contributed by atoms with Gasteiger partial charge in [-0.2, -0.15) is 0 Å². The third-order valence-electron chi connectivity index (χ3n) is 3.16. The van der Waals surface area contributed by atoms with Crippen molar-refractivity contribution in [3.63, 3.8) is 0 Å². The Morgan fingerprint density at radius 2 is 2.37 bits per heavy atom. The minimum Gasteiger partial charge on any atom is -0.380 e. The zero-order valence-corrected chi connectivity index (χ0v) is 12.0. The first-order valence-corrected chi connectivity index (χ1v) is 6.36. The van der Waals surface area contributed by atoms with Crippen LogP contribution in [0.3, 0.4) is 0 Å². The molecule has 1 fully saturated rings. The minimum absolute atomic E-state index is 0. The molecule has 1 heterocycles. The van der Waals surface area contributed by atoms with Gasteiger partial charge < -0.3 is 15.4 Å². The largest absolute Gasteiger partial charge is 0.380 e. The van der Waals surface area contributed by atoms with Gasteiger partial charge in [-0.3, -0.25) is 4.79 Å². The highest BCUT2D eigenvalue weighted by atomic mass is 35.5. The third kappa shape index (κ3) is 5.19. The second-order valence-electron chi connectivity index (χ2n) is 4.74. The lowest BCUT2D eigenvalue weighted by Gasteiger charge is -2.10. The van der Waals surface area contributed by atoms with Crippen molar-refractivity contribution in [2.45, 2.75) is 19.4 Å². The maximum absolute atomic E-state index is 11.9. The molecule has 1 aromatic carbocycles. The number of benzene rings is 1. The third-order valence-corrected chi connectivity index (χ3v) is 3.16. The van der Waals surface area contributed by atoms with Gasteiger partial charge in [0, 0.05) is 19.2 Å². The van der Waals surface area contributed by atoms with Gasteiger partial charge in [-0.1, -0.05) is 12.1 Å². The summed E-state index contributed by atoms with van der Waals surface area (Å²) >= 11 is 0. The number of carbonyl (C=O) groups is 1. The van der Waals surface area contributed by atoms with Gasteiger partial charge in [0.1, 0.15) is 0 Å². The highest BCUT2D eigenvalue weighted by molar-refractivity contribution is 5.90. The van der Waals surface area contributed by atoms with Crippen LogP contribution in [0.25, 0.3) is 0 Å². The number of rotatable bonds is 5. The van der Waals surface area contributed by atoms with Crippen molar-refractivity contribution < 1.29 is 9.53 Å². The number of hydrogen-bond donors (Lipinski definition) is 2. The Kier molecular flexibility index (Phi) is 6.84. The summed E-state index contributed by atoms with van der Waals surface area (Å²) in [5.41, 5.74) is 1.92. The molecule has 2 rings (SSSR count). The highest BCUT2D eigenvalue weighted by Gasteiger charge is 2.17. The summed E-state index contributed by atoms with van der Waals surface area (Å²) in [6.45, 7) is 2.55. The molecule has 106 valence electrons. The van der Waals surface area contributed by atoms with E-state index in [0.29, 0.717) is 18.9 Å². The van der Waals surface area contributed by atoms with Crippen LogP contribution in [0.2, 0.25) is 0 Å². The van der Waals surface area contributed by atoms with E-state index in [9.17, 15) is 4.79 Å². The number of halogens is 1. The number of hydrogen-bond acceptors (Lipinski definition) is 3. The molecule has 1 aliphatic heterocycles. The van der Waals surface area contributed by atoms with Crippen LogP contribution in [-0.4, -0.2) is 26.1 Å². The van der Waals surface area contributed by atoms with Crippen molar-refractivity contribution >= 4 is 24.0 Å². The summed E-state index contributed by atoms with van der Waals surface area (Å²) in [6, 6.07) is 7.78. The summed E-state index contributed by atoms with van der Waals surface area (Å²) in [5.74, 6) is 0.574. The highest BCUT2D eigenvalue weighted by Crippen LogP contribution is 2.15. The first-order chi connectivity index (χ1) is 8.78. The van der Waals surface area contributed by atoms with E-state index < -0.39 is 0 Å². The van der Waals surface area contributed by atoms with E-state index in [1.807, 2.05) is 24.3 Å². The number of ether oxygens (including phenoxy) is 1. The molecule has 0 spiro atoms. The molecule has 5 heteroatoms. The molecular formula is C14H21ClN2O2. The van der Waals surface area contributed by atoms with Crippen LogP contribution in [0.4, 0.5) is 5.69 Å². The zero-order valence-electron chi connectivity index (χ0n) is 11.1. The molecule has 0 radical (unpaired) electrons. The summed E-state index contributed by atoms with van der Waals surface area (Å²) in [7, 11) is 1.67. The fourth-order valence-corrected chi connectivity index (χ4v) is 2.27.